The summed E-state index contributed by atoms with van der Waals surface area (Å²) >= 11 is 0. The van der Waals surface area contributed by atoms with Gasteiger partial charge in [-0.2, -0.15) is 0 Å². The summed E-state index contributed by atoms with van der Waals surface area (Å²) in [6.45, 7) is 7.18. The summed E-state index contributed by atoms with van der Waals surface area (Å²) in [5.74, 6) is 1.14. The molecule has 5 heteroatoms. The van der Waals surface area contributed by atoms with Crippen molar-refractivity contribution in [2.75, 3.05) is 6.54 Å². The van der Waals surface area contributed by atoms with E-state index in [1.807, 2.05) is 0 Å². The number of hydrogen-bond acceptors (Lipinski definition) is 5. The number of hydrogen-bond donors (Lipinski definition) is 1. The van der Waals surface area contributed by atoms with Crippen LogP contribution in [0.15, 0.2) is 27.4 Å². The molecule has 2 rings (SSSR count). The SMILES string of the molecule is CC(C)(C)NCCc1nnc(-c2ccoc2)o1. The van der Waals surface area contributed by atoms with E-state index in [1.54, 1.807) is 18.6 Å². The molecule has 0 spiro atoms. The number of furan rings is 1. The Labute approximate surface area is 100 Å². The van der Waals surface area contributed by atoms with Gasteiger partial charge in [-0.15, -0.1) is 10.2 Å². The Bertz CT molecular complexity index is 454. The lowest BCUT2D eigenvalue weighted by molar-refractivity contribution is 0.411. The van der Waals surface area contributed by atoms with Gasteiger partial charge in [0.25, 0.3) is 5.89 Å². The van der Waals surface area contributed by atoms with Gasteiger partial charge < -0.3 is 14.2 Å². The Morgan fingerprint density at radius 3 is 2.76 bits per heavy atom. The van der Waals surface area contributed by atoms with E-state index in [4.69, 9.17) is 8.83 Å². The zero-order valence-electron chi connectivity index (χ0n) is 10.4. The predicted octanol–water partition coefficient (Wildman–Crippen LogP) is 2.26. The van der Waals surface area contributed by atoms with Crippen LogP contribution < -0.4 is 5.32 Å². The van der Waals surface area contributed by atoms with Crippen molar-refractivity contribution in [2.45, 2.75) is 32.7 Å². The fraction of sp³-hybridized carbons (Fsp3) is 0.500. The lowest BCUT2D eigenvalue weighted by atomic mass is 10.1. The van der Waals surface area contributed by atoms with E-state index in [9.17, 15) is 0 Å². The Hall–Kier alpha value is -1.62. The quantitative estimate of drug-likeness (QED) is 0.880. The van der Waals surface area contributed by atoms with Gasteiger partial charge in [0.2, 0.25) is 5.89 Å². The van der Waals surface area contributed by atoms with Crippen molar-refractivity contribution in [3.8, 4) is 11.5 Å². The summed E-state index contributed by atoms with van der Waals surface area (Å²) in [5.41, 5.74) is 0.917. The highest BCUT2D eigenvalue weighted by Crippen LogP contribution is 2.17. The summed E-state index contributed by atoms with van der Waals surface area (Å²) in [4.78, 5) is 0. The first-order valence-electron chi connectivity index (χ1n) is 5.64. The smallest absolute Gasteiger partial charge is 0.250 e. The number of nitrogens with one attached hydrogen (secondary N) is 1. The summed E-state index contributed by atoms with van der Waals surface area (Å²) in [7, 11) is 0. The van der Waals surface area contributed by atoms with Crippen LogP contribution in [0.3, 0.4) is 0 Å². The Morgan fingerprint density at radius 2 is 2.12 bits per heavy atom. The maximum atomic E-state index is 5.52. The third-order valence-electron chi connectivity index (χ3n) is 2.23. The molecule has 0 aliphatic heterocycles. The minimum absolute atomic E-state index is 0.105. The molecule has 2 aromatic rings. The van der Waals surface area contributed by atoms with E-state index < -0.39 is 0 Å². The largest absolute Gasteiger partial charge is 0.472 e. The molecule has 0 radical (unpaired) electrons. The Morgan fingerprint density at radius 1 is 1.29 bits per heavy atom. The van der Waals surface area contributed by atoms with Crippen molar-refractivity contribution in [2.24, 2.45) is 0 Å². The monoisotopic (exact) mass is 235 g/mol. The molecule has 0 aromatic carbocycles. The van der Waals surface area contributed by atoms with Gasteiger partial charge in [0.05, 0.1) is 11.8 Å². The minimum atomic E-state index is 0.105. The van der Waals surface area contributed by atoms with Crippen molar-refractivity contribution in [1.29, 1.82) is 0 Å². The topological polar surface area (TPSA) is 64.1 Å². The van der Waals surface area contributed by atoms with Crippen LogP contribution in [0.4, 0.5) is 0 Å². The molecule has 0 aliphatic rings. The van der Waals surface area contributed by atoms with Crippen LogP contribution in [0.2, 0.25) is 0 Å². The molecule has 17 heavy (non-hydrogen) atoms. The van der Waals surface area contributed by atoms with Gasteiger partial charge in [0.15, 0.2) is 0 Å². The van der Waals surface area contributed by atoms with Crippen LogP contribution in [0.5, 0.6) is 0 Å². The van der Waals surface area contributed by atoms with E-state index in [-0.39, 0.29) is 5.54 Å². The molecule has 92 valence electrons. The third-order valence-corrected chi connectivity index (χ3v) is 2.23. The molecule has 0 saturated carbocycles. The van der Waals surface area contributed by atoms with Gasteiger partial charge in [-0.05, 0) is 26.8 Å². The van der Waals surface area contributed by atoms with Crippen LogP contribution in [0.25, 0.3) is 11.5 Å². The van der Waals surface area contributed by atoms with Gasteiger partial charge in [-0.3, -0.25) is 0 Å². The van der Waals surface area contributed by atoms with E-state index in [2.05, 4.69) is 36.3 Å². The van der Waals surface area contributed by atoms with Gasteiger partial charge >= 0.3 is 0 Å². The average Bonchev–Trinajstić information content (AvgIpc) is 2.83. The second kappa shape index (κ2) is 4.71. The predicted molar refractivity (Wildman–Crippen MR) is 63.5 cm³/mol. The van der Waals surface area contributed by atoms with Gasteiger partial charge in [-0.25, -0.2) is 0 Å². The van der Waals surface area contributed by atoms with E-state index in [0.29, 0.717) is 11.8 Å². The average molecular weight is 235 g/mol. The van der Waals surface area contributed by atoms with E-state index in [0.717, 1.165) is 18.5 Å². The molecule has 0 atom stereocenters. The molecule has 2 heterocycles. The fourth-order valence-corrected chi connectivity index (χ4v) is 1.40. The fourth-order valence-electron chi connectivity index (χ4n) is 1.40. The van der Waals surface area contributed by atoms with E-state index >= 15 is 0 Å². The van der Waals surface area contributed by atoms with Crippen molar-refractivity contribution < 1.29 is 8.83 Å². The first-order valence-corrected chi connectivity index (χ1v) is 5.64. The highest BCUT2D eigenvalue weighted by molar-refractivity contribution is 5.49. The molecule has 5 nitrogen and oxygen atoms in total. The highest BCUT2D eigenvalue weighted by Gasteiger charge is 2.11. The van der Waals surface area contributed by atoms with Crippen molar-refractivity contribution in [3.05, 3.63) is 24.5 Å². The minimum Gasteiger partial charge on any atom is -0.472 e. The molecule has 0 unspecified atom stereocenters. The summed E-state index contributed by atoms with van der Waals surface area (Å²) in [6, 6.07) is 1.80. The molecule has 0 amide bonds. The maximum Gasteiger partial charge on any atom is 0.250 e. The maximum absolute atomic E-state index is 5.52. The van der Waals surface area contributed by atoms with Crippen LogP contribution in [0.1, 0.15) is 26.7 Å². The summed E-state index contributed by atoms with van der Waals surface area (Å²) in [6.07, 6.45) is 3.90. The lowest BCUT2D eigenvalue weighted by Crippen LogP contribution is -2.37. The molecule has 1 N–H and O–H groups in total. The second-order valence-electron chi connectivity index (χ2n) is 4.94. The zero-order chi connectivity index (χ0) is 12.3. The molecule has 2 aromatic heterocycles. The van der Waals surface area contributed by atoms with E-state index in [1.165, 1.54) is 0 Å². The second-order valence-corrected chi connectivity index (χ2v) is 4.94. The zero-order valence-corrected chi connectivity index (χ0v) is 10.4. The van der Waals surface area contributed by atoms with Crippen LogP contribution in [-0.2, 0) is 6.42 Å². The highest BCUT2D eigenvalue weighted by atomic mass is 16.4. The van der Waals surface area contributed by atoms with Gasteiger partial charge in [-0.1, -0.05) is 0 Å². The summed E-state index contributed by atoms with van der Waals surface area (Å²) in [5, 5.41) is 11.3. The van der Waals surface area contributed by atoms with Crippen molar-refractivity contribution >= 4 is 0 Å². The van der Waals surface area contributed by atoms with Crippen LogP contribution >= 0.6 is 0 Å². The number of rotatable bonds is 4. The molecule has 0 fully saturated rings. The standard InChI is InChI=1S/C12H17N3O2/c1-12(2,3)13-6-4-10-14-15-11(17-10)9-5-7-16-8-9/h5,7-8,13H,4,6H2,1-3H3. The third kappa shape index (κ3) is 3.42. The van der Waals surface area contributed by atoms with Gasteiger partial charge in [0, 0.05) is 18.5 Å². The summed E-state index contributed by atoms with van der Waals surface area (Å²) < 4.78 is 10.5. The molecule has 0 saturated heterocycles. The first-order chi connectivity index (χ1) is 8.04. The first kappa shape index (κ1) is 11.9. The number of nitrogens with zero attached hydrogens (tertiary/aromatic N) is 2. The molecular weight excluding hydrogens is 218 g/mol. The molecule has 0 aliphatic carbocycles. The molecule has 0 bridgehead atoms. The lowest BCUT2D eigenvalue weighted by Gasteiger charge is -2.19. The Kier molecular flexibility index (Phi) is 3.28. The molecular formula is C12H17N3O2. The van der Waals surface area contributed by atoms with Gasteiger partial charge in [0.1, 0.15) is 6.26 Å². The number of aromatic nitrogens is 2. The van der Waals surface area contributed by atoms with Crippen LogP contribution in [-0.4, -0.2) is 22.3 Å². The van der Waals surface area contributed by atoms with Crippen molar-refractivity contribution in [3.63, 3.8) is 0 Å². The van der Waals surface area contributed by atoms with Crippen LogP contribution in [0, 0.1) is 0 Å². The normalized spacial score (nSPS) is 11.9. The Balaban J connectivity index is 1.91. The van der Waals surface area contributed by atoms with Crippen molar-refractivity contribution in [1.82, 2.24) is 15.5 Å².